The van der Waals surface area contributed by atoms with Gasteiger partial charge in [0.25, 0.3) is 0 Å². The van der Waals surface area contributed by atoms with Crippen molar-refractivity contribution in [3.05, 3.63) is 42.1 Å². The van der Waals surface area contributed by atoms with Crippen LogP contribution in [0.15, 0.2) is 36.5 Å². The Kier molecular flexibility index (Phi) is 2.68. The molecule has 0 aliphatic carbocycles. The maximum Gasteiger partial charge on any atom is 0.0892 e. The highest BCUT2D eigenvalue weighted by atomic mass is 16.3. The van der Waals surface area contributed by atoms with Crippen LogP contribution in [0.25, 0.3) is 10.9 Å². The molecule has 1 N–H and O–H groups in total. The first-order valence-electron chi connectivity index (χ1n) is 5.59. The molecule has 2 rings (SSSR count). The van der Waals surface area contributed by atoms with Crippen molar-refractivity contribution in [2.75, 3.05) is 0 Å². The van der Waals surface area contributed by atoms with Gasteiger partial charge in [-0.2, -0.15) is 0 Å². The summed E-state index contributed by atoms with van der Waals surface area (Å²) in [6.45, 7) is 5.88. The first-order valence-corrected chi connectivity index (χ1v) is 5.59. The molecule has 0 aliphatic heterocycles. The van der Waals surface area contributed by atoms with E-state index in [1.807, 2.05) is 51.1 Å². The molecular formula is C14H17NO. The van der Waals surface area contributed by atoms with E-state index in [2.05, 4.69) is 4.98 Å². The molecule has 2 nitrogen and oxygen atoms in total. The van der Waals surface area contributed by atoms with Crippen molar-refractivity contribution in [1.29, 1.82) is 0 Å². The largest absolute Gasteiger partial charge is 0.385 e. The minimum atomic E-state index is -0.800. The number of benzene rings is 1. The maximum atomic E-state index is 10.4. The molecule has 1 heterocycles. The lowest BCUT2D eigenvalue weighted by molar-refractivity contribution is 0.00916. The van der Waals surface area contributed by atoms with Crippen LogP contribution in [0.2, 0.25) is 0 Å². The second kappa shape index (κ2) is 3.87. The highest BCUT2D eigenvalue weighted by Crippen LogP contribution is 2.30. The van der Waals surface area contributed by atoms with Crippen LogP contribution >= 0.6 is 0 Å². The van der Waals surface area contributed by atoms with Gasteiger partial charge in [0.2, 0.25) is 0 Å². The quantitative estimate of drug-likeness (QED) is 0.835. The second-order valence-corrected chi connectivity index (χ2v) is 4.71. The molecule has 1 aromatic carbocycles. The summed E-state index contributed by atoms with van der Waals surface area (Å²) < 4.78 is 0. The summed E-state index contributed by atoms with van der Waals surface area (Å²) in [6.07, 6.45) is 1.77. The van der Waals surface area contributed by atoms with Crippen LogP contribution in [0, 0.1) is 5.92 Å². The molecule has 2 heteroatoms. The van der Waals surface area contributed by atoms with E-state index >= 15 is 0 Å². The molecule has 84 valence electrons. The van der Waals surface area contributed by atoms with Crippen molar-refractivity contribution in [3.8, 4) is 0 Å². The molecule has 0 amide bonds. The van der Waals surface area contributed by atoms with E-state index in [9.17, 15) is 5.11 Å². The van der Waals surface area contributed by atoms with Crippen LogP contribution in [-0.2, 0) is 5.60 Å². The van der Waals surface area contributed by atoms with Gasteiger partial charge in [0.05, 0.1) is 11.1 Å². The zero-order chi connectivity index (χ0) is 11.8. The van der Waals surface area contributed by atoms with E-state index in [1.54, 1.807) is 6.20 Å². The fourth-order valence-corrected chi connectivity index (χ4v) is 1.71. The topological polar surface area (TPSA) is 33.1 Å². The van der Waals surface area contributed by atoms with Crippen molar-refractivity contribution < 1.29 is 5.11 Å². The number of hydrogen-bond acceptors (Lipinski definition) is 2. The summed E-state index contributed by atoms with van der Waals surface area (Å²) in [7, 11) is 0. The SMILES string of the molecule is CC(C)C(C)(O)c1ccc2cccnc2c1. The summed E-state index contributed by atoms with van der Waals surface area (Å²) in [5.41, 5.74) is 1.06. The Labute approximate surface area is 96.0 Å². The van der Waals surface area contributed by atoms with Gasteiger partial charge in [0.15, 0.2) is 0 Å². The average Bonchev–Trinajstić information content (AvgIpc) is 2.28. The monoisotopic (exact) mass is 215 g/mol. The number of rotatable bonds is 2. The fourth-order valence-electron chi connectivity index (χ4n) is 1.71. The van der Waals surface area contributed by atoms with Gasteiger partial charge in [-0.05, 0) is 30.5 Å². The van der Waals surface area contributed by atoms with E-state index in [4.69, 9.17) is 0 Å². The van der Waals surface area contributed by atoms with Gasteiger partial charge in [-0.1, -0.05) is 32.0 Å². The molecule has 1 aromatic heterocycles. The lowest BCUT2D eigenvalue weighted by atomic mass is 9.85. The van der Waals surface area contributed by atoms with Crippen LogP contribution in [0.4, 0.5) is 0 Å². The average molecular weight is 215 g/mol. The van der Waals surface area contributed by atoms with Crippen LogP contribution in [0.1, 0.15) is 26.3 Å². The lowest BCUT2D eigenvalue weighted by Gasteiger charge is -2.28. The molecule has 0 saturated heterocycles. The summed E-state index contributed by atoms with van der Waals surface area (Å²) in [5.74, 6) is 0.175. The molecule has 0 saturated carbocycles. The summed E-state index contributed by atoms with van der Waals surface area (Å²) in [6, 6.07) is 9.90. The van der Waals surface area contributed by atoms with Gasteiger partial charge in [-0.15, -0.1) is 0 Å². The molecular weight excluding hydrogens is 198 g/mol. The molecule has 0 aliphatic rings. The Morgan fingerprint density at radius 3 is 2.69 bits per heavy atom. The van der Waals surface area contributed by atoms with E-state index in [0.29, 0.717) is 0 Å². The van der Waals surface area contributed by atoms with Gasteiger partial charge in [0, 0.05) is 11.6 Å². The minimum Gasteiger partial charge on any atom is -0.385 e. The van der Waals surface area contributed by atoms with E-state index in [-0.39, 0.29) is 5.92 Å². The van der Waals surface area contributed by atoms with E-state index in [1.165, 1.54) is 0 Å². The standard InChI is InChI=1S/C14H17NO/c1-10(2)14(3,16)12-7-6-11-5-4-8-15-13(11)9-12/h4-10,16H,1-3H3. The second-order valence-electron chi connectivity index (χ2n) is 4.71. The molecule has 0 radical (unpaired) electrons. The fraction of sp³-hybridized carbons (Fsp3) is 0.357. The van der Waals surface area contributed by atoms with E-state index in [0.717, 1.165) is 16.5 Å². The number of pyridine rings is 1. The highest BCUT2D eigenvalue weighted by Gasteiger charge is 2.27. The first kappa shape index (κ1) is 11.1. The van der Waals surface area contributed by atoms with Gasteiger partial charge >= 0.3 is 0 Å². The Morgan fingerprint density at radius 1 is 1.25 bits per heavy atom. The number of aliphatic hydroxyl groups is 1. The van der Waals surface area contributed by atoms with Crippen molar-refractivity contribution in [2.45, 2.75) is 26.4 Å². The zero-order valence-corrected chi connectivity index (χ0v) is 9.94. The summed E-state index contributed by atoms with van der Waals surface area (Å²) in [5, 5.41) is 11.5. The first-order chi connectivity index (χ1) is 7.51. The number of fused-ring (bicyclic) bond motifs is 1. The van der Waals surface area contributed by atoms with Crippen molar-refractivity contribution >= 4 is 10.9 Å². The molecule has 0 bridgehead atoms. The predicted octanol–water partition coefficient (Wildman–Crippen LogP) is 3.10. The smallest absolute Gasteiger partial charge is 0.0892 e. The highest BCUT2D eigenvalue weighted by molar-refractivity contribution is 5.79. The Bertz CT molecular complexity index is 503. The number of nitrogens with zero attached hydrogens (tertiary/aromatic N) is 1. The van der Waals surface area contributed by atoms with Crippen molar-refractivity contribution in [2.24, 2.45) is 5.92 Å². The zero-order valence-electron chi connectivity index (χ0n) is 9.94. The molecule has 1 unspecified atom stereocenters. The lowest BCUT2D eigenvalue weighted by Crippen LogP contribution is -2.27. The normalized spacial score (nSPS) is 15.3. The Morgan fingerprint density at radius 2 is 2.00 bits per heavy atom. The minimum absolute atomic E-state index is 0.175. The Hall–Kier alpha value is -1.41. The molecule has 1 atom stereocenters. The molecule has 16 heavy (non-hydrogen) atoms. The summed E-state index contributed by atoms with van der Waals surface area (Å²) in [4.78, 5) is 4.30. The van der Waals surface area contributed by atoms with Crippen molar-refractivity contribution in [3.63, 3.8) is 0 Å². The van der Waals surface area contributed by atoms with Crippen LogP contribution < -0.4 is 0 Å². The predicted molar refractivity (Wildman–Crippen MR) is 66.2 cm³/mol. The maximum absolute atomic E-state index is 10.4. The number of hydrogen-bond donors (Lipinski definition) is 1. The van der Waals surface area contributed by atoms with Gasteiger partial charge in [0.1, 0.15) is 0 Å². The van der Waals surface area contributed by atoms with Gasteiger partial charge in [-0.3, -0.25) is 4.98 Å². The third-order valence-corrected chi connectivity index (χ3v) is 3.31. The third-order valence-electron chi connectivity index (χ3n) is 3.31. The van der Waals surface area contributed by atoms with Crippen LogP contribution in [0.3, 0.4) is 0 Å². The summed E-state index contributed by atoms with van der Waals surface area (Å²) >= 11 is 0. The molecule has 0 spiro atoms. The molecule has 0 fully saturated rings. The number of aromatic nitrogens is 1. The third kappa shape index (κ3) is 1.81. The molecule has 2 aromatic rings. The van der Waals surface area contributed by atoms with Crippen LogP contribution in [0.5, 0.6) is 0 Å². The van der Waals surface area contributed by atoms with Crippen molar-refractivity contribution in [1.82, 2.24) is 4.98 Å². The van der Waals surface area contributed by atoms with Gasteiger partial charge in [-0.25, -0.2) is 0 Å². The van der Waals surface area contributed by atoms with E-state index < -0.39 is 5.60 Å². The van der Waals surface area contributed by atoms with Gasteiger partial charge < -0.3 is 5.11 Å². The van der Waals surface area contributed by atoms with Crippen LogP contribution in [-0.4, -0.2) is 10.1 Å². The Balaban J connectivity index is 2.55.